The lowest BCUT2D eigenvalue weighted by Gasteiger charge is -2.27. The highest BCUT2D eigenvalue weighted by molar-refractivity contribution is 6.06. The minimum atomic E-state index is -0.566. The van der Waals surface area contributed by atoms with Crippen LogP contribution in [0.1, 0.15) is 24.2 Å². The Labute approximate surface area is 188 Å². The van der Waals surface area contributed by atoms with Crippen molar-refractivity contribution in [3.05, 3.63) is 101 Å². The van der Waals surface area contributed by atoms with Crippen molar-refractivity contribution in [2.24, 2.45) is 0 Å². The second kappa shape index (κ2) is 9.12. The topological polar surface area (TPSA) is 68.1 Å². The Balaban J connectivity index is 2.15. The van der Waals surface area contributed by atoms with Crippen LogP contribution in [0.15, 0.2) is 77.9 Å². The first-order valence-corrected chi connectivity index (χ1v) is 10.3. The maximum atomic E-state index is 14.2. The van der Waals surface area contributed by atoms with Gasteiger partial charge in [-0.15, -0.1) is 0 Å². The van der Waals surface area contributed by atoms with Gasteiger partial charge < -0.3 is 4.90 Å². The third-order valence-corrected chi connectivity index (χ3v) is 5.07. The van der Waals surface area contributed by atoms with Crippen molar-refractivity contribution < 1.29 is 13.6 Å². The van der Waals surface area contributed by atoms with Crippen molar-refractivity contribution in [1.82, 2.24) is 14.8 Å². The standard InChI is InChI=1S/C25H20F2N4O2/c1-3-30-25(33)24(22(16(2)32)23(29-30)17-7-6-12-28-15-17)31(20-10-4-8-18(26)13-20)21-11-5-9-19(27)14-21/h4-15H,3H2,1-2H3. The van der Waals surface area contributed by atoms with Crippen LogP contribution in [0.2, 0.25) is 0 Å². The number of aromatic nitrogens is 3. The van der Waals surface area contributed by atoms with Crippen LogP contribution in [0.3, 0.4) is 0 Å². The molecule has 0 aliphatic heterocycles. The summed E-state index contributed by atoms with van der Waals surface area (Å²) in [6, 6.07) is 14.5. The Hall–Kier alpha value is -4.20. The van der Waals surface area contributed by atoms with Crippen molar-refractivity contribution in [1.29, 1.82) is 0 Å². The smallest absolute Gasteiger partial charge is 0.291 e. The first kappa shape index (κ1) is 22.0. The fourth-order valence-electron chi connectivity index (χ4n) is 3.66. The minimum Gasteiger partial charge on any atom is -0.305 e. The van der Waals surface area contributed by atoms with E-state index in [9.17, 15) is 18.4 Å². The lowest BCUT2D eigenvalue weighted by molar-refractivity contribution is 0.101. The van der Waals surface area contributed by atoms with Crippen LogP contribution in [0.4, 0.5) is 25.8 Å². The Morgan fingerprint density at radius 2 is 1.64 bits per heavy atom. The molecule has 0 amide bonds. The third kappa shape index (κ3) is 4.27. The van der Waals surface area contributed by atoms with Gasteiger partial charge in [0, 0.05) is 35.9 Å². The highest BCUT2D eigenvalue weighted by Gasteiger charge is 2.28. The number of halogens is 2. The van der Waals surface area contributed by atoms with Crippen LogP contribution in [-0.2, 0) is 6.54 Å². The predicted molar refractivity (Wildman–Crippen MR) is 122 cm³/mol. The molecule has 4 rings (SSSR count). The zero-order valence-electron chi connectivity index (χ0n) is 18.0. The molecule has 0 fully saturated rings. The number of hydrogen-bond donors (Lipinski definition) is 0. The van der Waals surface area contributed by atoms with E-state index in [1.807, 2.05) is 0 Å². The largest absolute Gasteiger partial charge is 0.305 e. The number of aryl methyl sites for hydroxylation is 1. The zero-order chi connectivity index (χ0) is 23.5. The molecule has 0 radical (unpaired) electrons. The van der Waals surface area contributed by atoms with Gasteiger partial charge in [0.25, 0.3) is 5.56 Å². The number of carbonyl (C=O) groups excluding carboxylic acids is 1. The highest BCUT2D eigenvalue weighted by Crippen LogP contribution is 2.37. The molecule has 0 aliphatic rings. The molecule has 2 heterocycles. The van der Waals surface area contributed by atoms with Gasteiger partial charge >= 0.3 is 0 Å². The molecule has 0 saturated carbocycles. The quantitative estimate of drug-likeness (QED) is 0.377. The second-order valence-corrected chi connectivity index (χ2v) is 7.29. The average molecular weight is 446 g/mol. The fraction of sp³-hybridized carbons (Fsp3) is 0.120. The van der Waals surface area contributed by atoms with E-state index in [1.165, 1.54) is 59.1 Å². The van der Waals surface area contributed by atoms with E-state index < -0.39 is 23.0 Å². The van der Waals surface area contributed by atoms with Gasteiger partial charge in [-0.25, -0.2) is 13.5 Å². The number of benzene rings is 2. The third-order valence-electron chi connectivity index (χ3n) is 5.07. The molecule has 33 heavy (non-hydrogen) atoms. The number of hydrogen-bond acceptors (Lipinski definition) is 5. The van der Waals surface area contributed by atoms with E-state index in [0.29, 0.717) is 5.56 Å². The van der Waals surface area contributed by atoms with E-state index >= 15 is 0 Å². The van der Waals surface area contributed by atoms with Gasteiger partial charge in [-0.1, -0.05) is 12.1 Å². The minimum absolute atomic E-state index is 0.0335. The van der Waals surface area contributed by atoms with E-state index in [4.69, 9.17) is 0 Å². The van der Waals surface area contributed by atoms with Gasteiger partial charge in [0.05, 0.1) is 5.56 Å². The highest BCUT2D eigenvalue weighted by atomic mass is 19.1. The number of pyridine rings is 1. The number of ketones is 1. The summed E-state index contributed by atoms with van der Waals surface area (Å²) in [5, 5.41) is 4.42. The van der Waals surface area contributed by atoms with Gasteiger partial charge in [-0.3, -0.25) is 14.6 Å². The van der Waals surface area contributed by atoms with Crippen LogP contribution in [-0.4, -0.2) is 20.5 Å². The molecule has 2 aromatic carbocycles. The maximum Gasteiger partial charge on any atom is 0.291 e. The molecule has 4 aromatic rings. The maximum absolute atomic E-state index is 14.2. The molecule has 0 bridgehead atoms. The molecule has 0 atom stereocenters. The molecule has 8 heteroatoms. The lowest BCUT2D eigenvalue weighted by Crippen LogP contribution is -2.31. The SMILES string of the molecule is CCn1nc(-c2cccnc2)c(C(C)=O)c(N(c2cccc(F)c2)c2cccc(F)c2)c1=O. The van der Waals surface area contributed by atoms with E-state index in [-0.39, 0.29) is 34.9 Å². The van der Waals surface area contributed by atoms with Crippen LogP contribution in [0, 0.1) is 11.6 Å². The average Bonchev–Trinajstić information content (AvgIpc) is 2.80. The second-order valence-electron chi connectivity index (χ2n) is 7.29. The van der Waals surface area contributed by atoms with Gasteiger partial charge in [-0.05, 0) is 62.4 Å². The summed E-state index contributed by atoms with van der Waals surface area (Å²) in [7, 11) is 0. The molecule has 0 aliphatic carbocycles. The summed E-state index contributed by atoms with van der Waals surface area (Å²) in [4.78, 5) is 32.0. The van der Waals surface area contributed by atoms with Gasteiger partial charge in [0.1, 0.15) is 23.0 Å². The van der Waals surface area contributed by atoms with Crippen LogP contribution in [0.25, 0.3) is 11.3 Å². The lowest BCUT2D eigenvalue weighted by atomic mass is 10.0. The number of anilines is 3. The van der Waals surface area contributed by atoms with Gasteiger partial charge in [0.15, 0.2) is 5.78 Å². The predicted octanol–water partition coefficient (Wildman–Crippen LogP) is 5.28. The molecule has 0 N–H and O–H groups in total. The molecule has 2 aromatic heterocycles. The summed E-state index contributed by atoms with van der Waals surface area (Å²) >= 11 is 0. The Morgan fingerprint density at radius 1 is 1.00 bits per heavy atom. The summed E-state index contributed by atoms with van der Waals surface area (Å²) in [5.74, 6) is -1.51. The molecule has 166 valence electrons. The number of carbonyl (C=O) groups is 1. The van der Waals surface area contributed by atoms with Crippen molar-refractivity contribution in [2.45, 2.75) is 20.4 Å². The molecular formula is C25H20F2N4O2. The summed E-state index contributed by atoms with van der Waals surface area (Å²) in [5.41, 5.74) is 0.719. The van der Waals surface area contributed by atoms with Crippen LogP contribution in [0.5, 0.6) is 0 Å². The zero-order valence-corrected chi connectivity index (χ0v) is 18.0. The molecule has 0 saturated heterocycles. The Morgan fingerprint density at radius 3 is 2.12 bits per heavy atom. The van der Waals surface area contributed by atoms with Crippen molar-refractivity contribution in [3.8, 4) is 11.3 Å². The molecule has 0 unspecified atom stereocenters. The van der Waals surface area contributed by atoms with Crippen molar-refractivity contribution in [3.63, 3.8) is 0 Å². The first-order valence-electron chi connectivity index (χ1n) is 10.3. The first-order chi connectivity index (χ1) is 15.9. The fourth-order valence-corrected chi connectivity index (χ4v) is 3.66. The van der Waals surface area contributed by atoms with Gasteiger partial charge in [-0.2, -0.15) is 5.10 Å². The van der Waals surface area contributed by atoms with E-state index in [0.717, 1.165) is 0 Å². The number of Topliss-reactive ketones (excluding diaryl/α,β-unsaturated/α-hetero) is 1. The normalized spacial score (nSPS) is 10.8. The molecular weight excluding hydrogens is 426 g/mol. The monoisotopic (exact) mass is 446 g/mol. The van der Waals surface area contributed by atoms with E-state index in [2.05, 4.69) is 10.1 Å². The molecule has 6 nitrogen and oxygen atoms in total. The number of rotatable bonds is 6. The Bertz CT molecular complexity index is 1340. The summed E-state index contributed by atoms with van der Waals surface area (Å²) < 4.78 is 29.6. The van der Waals surface area contributed by atoms with Crippen LogP contribution >= 0.6 is 0 Å². The number of nitrogens with zero attached hydrogens (tertiary/aromatic N) is 4. The Kier molecular flexibility index (Phi) is 6.08. The van der Waals surface area contributed by atoms with Crippen molar-refractivity contribution in [2.75, 3.05) is 4.90 Å². The van der Waals surface area contributed by atoms with Crippen molar-refractivity contribution >= 4 is 22.8 Å². The molecule has 0 spiro atoms. The summed E-state index contributed by atoms with van der Waals surface area (Å²) in [6.07, 6.45) is 3.12. The summed E-state index contributed by atoms with van der Waals surface area (Å²) in [6.45, 7) is 3.29. The van der Waals surface area contributed by atoms with E-state index in [1.54, 1.807) is 37.4 Å². The van der Waals surface area contributed by atoms with Crippen LogP contribution < -0.4 is 10.5 Å². The van der Waals surface area contributed by atoms with Gasteiger partial charge in [0.2, 0.25) is 0 Å².